The SMILES string of the molecule is CC(NC(=O)COc1ccccc1O)c1ccc(Cl)cc1Cl. The van der Waals surface area contributed by atoms with Gasteiger partial charge in [-0.1, -0.05) is 41.4 Å². The van der Waals surface area contributed by atoms with Crippen molar-refractivity contribution in [2.75, 3.05) is 6.61 Å². The number of carbonyl (C=O) groups is 1. The van der Waals surface area contributed by atoms with Crippen LogP contribution in [0.1, 0.15) is 18.5 Å². The average molecular weight is 340 g/mol. The summed E-state index contributed by atoms with van der Waals surface area (Å²) in [6.07, 6.45) is 0. The molecule has 22 heavy (non-hydrogen) atoms. The van der Waals surface area contributed by atoms with Crippen LogP contribution in [-0.4, -0.2) is 17.6 Å². The number of phenols is 1. The molecule has 2 aromatic rings. The lowest BCUT2D eigenvalue weighted by atomic mass is 10.1. The number of carbonyl (C=O) groups excluding carboxylic acids is 1. The van der Waals surface area contributed by atoms with E-state index >= 15 is 0 Å². The molecule has 2 aromatic carbocycles. The smallest absolute Gasteiger partial charge is 0.258 e. The van der Waals surface area contributed by atoms with E-state index in [1.165, 1.54) is 6.07 Å². The van der Waals surface area contributed by atoms with Gasteiger partial charge in [0.25, 0.3) is 5.91 Å². The van der Waals surface area contributed by atoms with Crippen LogP contribution in [0.4, 0.5) is 0 Å². The van der Waals surface area contributed by atoms with E-state index in [1.807, 2.05) is 6.92 Å². The molecule has 116 valence electrons. The molecule has 0 aromatic heterocycles. The third kappa shape index (κ3) is 4.29. The summed E-state index contributed by atoms with van der Waals surface area (Å²) in [5, 5.41) is 13.4. The quantitative estimate of drug-likeness (QED) is 0.866. The molecule has 2 rings (SSSR count). The van der Waals surface area contributed by atoms with Crippen molar-refractivity contribution in [3.05, 3.63) is 58.1 Å². The van der Waals surface area contributed by atoms with Gasteiger partial charge < -0.3 is 15.2 Å². The van der Waals surface area contributed by atoms with Crippen LogP contribution in [-0.2, 0) is 4.79 Å². The maximum atomic E-state index is 11.9. The lowest BCUT2D eigenvalue weighted by Gasteiger charge is -2.16. The number of nitrogens with one attached hydrogen (secondary N) is 1. The van der Waals surface area contributed by atoms with Gasteiger partial charge in [0.1, 0.15) is 0 Å². The summed E-state index contributed by atoms with van der Waals surface area (Å²) in [7, 11) is 0. The molecule has 1 amide bonds. The molecule has 0 spiro atoms. The molecule has 0 aliphatic carbocycles. The number of aromatic hydroxyl groups is 1. The minimum absolute atomic E-state index is 0.0101. The van der Waals surface area contributed by atoms with Crippen molar-refractivity contribution in [1.82, 2.24) is 5.32 Å². The van der Waals surface area contributed by atoms with Crippen LogP contribution < -0.4 is 10.1 Å². The van der Waals surface area contributed by atoms with Crippen LogP contribution in [0, 0.1) is 0 Å². The average Bonchev–Trinajstić information content (AvgIpc) is 2.46. The van der Waals surface area contributed by atoms with E-state index in [1.54, 1.807) is 36.4 Å². The van der Waals surface area contributed by atoms with Crippen LogP contribution in [0.5, 0.6) is 11.5 Å². The largest absolute Gasteiger partial charge is 0.504 e. The zero-order valence-corrected chi connectivity index (χ0v) is 13.4. The van der Waals surface area contributed by atoms with Crippen LogP contribution in [0.25, 0.3) is 0 Å². The van der Waals surface area contributed by atoms with Gasteiger partial charge in [-0.15, -0.1) is 0 Å². The van der Waals surface area contributed by atoms with Gasteiger partial charge in [-0.25, -0.2) is 0 Å². The first-order valence-corrected chi connectivity index (χ1v) is 7.38. The summed E-state index contributed by atoms with van der Waals surface area (Å²) < 4.78 is 5.27. The fourth-order valence-corrected chi connectivity index (χ4v) is 2.51. The highest BCUT2D eigenvalue weighted by Crippen LogP contribution is 2.26. The van der Waals surface area contributed by atoms with E-state index in [0.717, 1.165) is 5.56 Å². The number of amides is 1. The highest BCUT2D eigenvalue weighted by molar-refractivity contribution is 6.35. The molecule has 0 fully saturated rings. The van der Waals surface area contributed by atoms with Gasteiger partial charge >= 0.3 is 0 Å². The van der Waals surface area contributed by atoms with E-state index < -0.39 is 0 Å². The van der Waals surface area contributed by atoms with Gasteiger partial charge in [0.15, 0.2) is 18.1 Å². The van der Waals surface area contributed by atoms with Crippen LogP contribution in [0.15, 0.2) is 42.5 Å². The van der Waals surface area contributed by atoms with Gasteiger partial charge in [0.05, 0.1) is 6.04 Å². The summed E-state index contributed by atoms with van der Waals surface area (Å²) in [6, 6.07) is 11.3. The molecule has 4 nitrogen and oxygen atoms in total. The molecule has 0 bridgehead atoms. The number of rotatable bonds is 5. The molecule has 0 saturated heterocycles. The van der Waals surface area contributed by atoms with Crippen LogP contribution >= 0.6 is 23.2 Å². The van der Waals surface area contributed by atoms with Crippen molar-refractivity contribution in [2.24, 2.45) is 0 Å². The molecule has 1 atom stereocenters. The van der Waals surface area contributed by atoms with Gasteiger partial charge in [0.2, 0.25) is 0 Å². The Morgan fingerprint density at radius 3 is 2.68 bits per heavy atom. The molecular formula is C16H15Cl2NO3. The van der Waals surface area contributed by atoms with Gasteiger partial charge in [-0.05, 0) is 36.8 Å². The lowest BCUT2D eigenvalue weighted by molar-refractivity contribution is -0.123. The van der Waals surface area contributed by atoms with Gasteiger partial charge in [0, 0.05) is 10.0 Å². The normalized spacial score (nSPS) is 11.8. The highest BCUT2D eigenvalue weighted by atomic mass is 35.5. The molecule has 6 heteroatoms. The highest BCUT2D eigenvalue weighted by Gasteiger charge is 2.14. The molecule has 0 saturated carbocycles. The fourth-order valence-electron chi connectivity index (χ4n) is 1.94. The minimum Gasteiger partial charge on any atom is -0.504 e. The van der Waals surface area contributed by atoms with Crippen LogP contribution in [0.2, 0.25) is 10.0 Å². The first-order chi connectivity index (χ1) is 10.5. The predicted molar refractivity (Wildman–Crippen MR) is 86.6 cm³/mol. The second kappa shape index (κ2) is 7.38. The fraction of sp³-hybridized carbons (Fsp3) is 0.188. The minimum atomic E-state index is -0.318. The Morgan fingerprint density at radius 1 is 1.27 bits per heavy atom. The first kappa shape index (κ1) is 16.5. The topological polar surface area (TPSA) is 58.6 Å². The maximum absolute atomic E-state index is 11.9. The van der Waals surface area contributed by atoms with Gasteiger partial charge in [-0.3, -0.25) is 4.79 Å². The van der Waals surface area contributed by atoms with E-state index in [2.05, 4.69) is 5.32 Å². The molecule has 2 N–H and O–H groups in total. The number of benzene rings is 2. The second-order valence-electron chi connectivity index (χ2n) is 4.71. The van der Waals surface area contributed by atoms with E-state index in [4.69, 9.17) is 27.9 Å². The number of hydrogen-bond acceptors (Lipinski definition) is 3. The Hall–Kier alpha value is -1.91. The Morgan fingerprint density at radius 2 is 2.00 bits per heavy atom. The van der Waals surface area contributed by atoms with Crippen molar-refractivity contribution >= 4 is 29.1 Å². The predicted octanol–water partition coefficient (Wildman–Crippen LogP) is 3.96. The van der Waals surface area contributed by atoms with E-state index in [9.17, 15) is 9.90 Å². The number of para-hydroxylation sites is 2. The van der Waals surface area contributed by atoms with Crippen molar-refractivity contribution in [2.45, 2.75) is 13.0 Å². The summed E-state index contributed by atoms with van der Waals surface area (Å²) in [4.78, 5) is 11.9. The standard InChI is InChI=1S/C16H15Cl2NO3/c1-10(12-7-6-11(17)8-13(12)18)19-16(21)9-22-15-5-3-2-4-14(15)20/h2-8,10,20H,9H2,1H3,(H,19,21). The Kier molecular flexibility index (Phi) is 5.52. The molecule has 0 radical (unpaired) electrons. The number of hydrogen-bond donors (Lipinski definition) is 2. The Bertz CT molecular complexity index is 676. The zero-order chi connectivity index (χ0) is 16.1. The Balaban J connectivity index is 1.93. The molecule has 0 aliphatic rings. The summed E-state index contributed by atoms with van der Waals surface area (Å²) in [6.45, 7) is 1.61. The monoisotopic (exact) mass is 339 g/mol. The van der Waals surface area contributed by atoms with Crippen molar-refractivity contribution in [3.8, 4) is 11.5 Å². The lowest BCUT2D eigenvalue weighted by Crippen LogP contribution is -2.31. The molecule has 0 aliphatic heterocycles. The van der Waals surface area contributed by atoms with Crippen LogP contribution in [0.3, 0.4) is 0 Å². The van der Waals surface area contributed by atoms with Crippen molar-refractivity contribution in [1.29, 1.82) is 0 Å². The summed E-state index contributed by atoms with van der Waals surface area (Å²) in [5.74, 6) is -0.0688. The number of halogens is 2. The Labute approximate surface area is 138 Å². The first-order valence-electron chi connectivity index (χ1n) is 6.62. The number of phenolic OH excluding ortho intramolecular Hbond substituents is 1. The third-order valence-electron chi connectivity index (χ3n) is 3.03. The summed E-state index contributed by atoms with van der Waals surface area (Å²) in [5.41, 5.74) is 0.766. The van der Waals surface area contributed by atoms with E-state index in [0.29, 0.717) is 10.0 Å². The van der Waals surface area contributed by atoms with Crippen molar-refractivity contribution in [3.63, 3.8) is 0 Å². The maximum Gasteiger partial charge on any atom is 0.258 e. The summed E-state index contributed by atoms with van der Waals surface area (Å²) >= 11 is 11.9. The molecular weight excluding hydrogens is 325 g/mol. The van der Waals surface area contributed by atoms with Gasteiger partial charge in [-0.2, -0.15) is 0 Å². The zero-order valence-electron chi connectivity index (χ0n) is 11.8. The third-order valence-corrected chi connectivity index (χ3v) is 3.59. The molecule has 0 heterocycles. The second-order valence-corrected chi connectivity index (χ2v) is 5.56. The molecule has 1 unspecified atom stereocenters. The van der Waals surface area contributed by atoms with E-state index in [-0.39, 0.29) is 30.1 Å². The van der Waals surface area contributed by atoms with Crippen molar-refractivity contribution < 1.29 is 14.6 Å². The number of ether oxygens (including phenoxy) is 1.